The molecule has 60 valence electrons. The van der Waals surface area contributed by atoms with E-state index in [0.29, 0.717) is 0 Å². The van der Waals surface area contributed by atoms with Crippen molar-refractivity contribution in [1.82, 2.24) is 0 Å². The molecule has 1 rings (SSSR count). The molecule has 11 heavy (non-hydrogen) atoms. The Morgan fingerprint density at radius 1 is 1.64 bits per heavy atom. The van der Waals surface area contributed by atoms with Gasteiger partial charge in [-0.25, -0.2) is 0 Å². The van der Waals surface area contributed by atoms with Crippen molar-refractivity contribution in [3.63, 3.8) is 0 Å². The Morgan fingerprint density at radius 3 is 3.09 bits per heavy atom. The minimum Gasteiger partial charge on any atom is -0.324 e. The molecule has 0 radical (unpaired) electrons. The van der Waals surface area contributed by atoms with Gasteiger partial charge in [0.05, 0.1) is 0 Å². The van der Waals surface area contributed by atoms with Gasteiger partial charge in [0.1, 0.15) is 0 Å². The number of allylic oxidation sites excluding steroid dienone is 3. The molecule has 1 atom stereocenters. The molecule has 0 aromatic rings. The third-order valence-electron chi connectivity index (χ3n) is 1.98. The lowest BCUT2D eigenvalue weighted by Gasteiger charge is -2.12. The molecular formula is C10H15N. The van der Waals surface area contributed by atoms with Crippen LogP contribution in [0.2, 0.25) is 0 Å². The molecule has 0 fully saturated rings. The highest BCUT2D eigenvalue weighted by molar-refractivity contribution is 5.29. The van der Waals surface area contributed by atoms with Gasteiger partial charge in [-0.2, -0.15) is 0 Å². The molecule has 0 saturated heterocycles. The fourth-order valence-electron chi connectivity index (χ4n) is 1.16. The average Bonchev–Trinajstić information content (AvgIpc) is 1.95. The molecular weight excluding hydrogens is 134 g/mol. The van der Waals surface area contributed by atoms with Gasteiger partial charge < -0.3 is 5.73 Å². The Labute approximate surface area is 68.3 Å². The van der Waals surface area contributed by atoms with Gasteiger partial charge in [0.15, 0.2) is 0 Å². The van der Waals surface area contributed by atoms with Crippen LogP contribution in [-0.4, -0.2) is 6.04 Å². The molecule has 1 nitrogen and oxygen atoms in total. The van der Waals surface area contributed by atoms with E-state index >= 15 is 0 Å². The van der Waals surface area contributed by atoms with Crippen LogP contribution >= 0.6 is 0 Å². The van der Waals surface area contributed by atoms with Crippen LogP contribution in [0.5, 0.6) is 0 Å². The monoisotopic (exact) mass is 149 g/mol. The molecule has 0 aliphatic heterocycles. The summed E-state index contributed by atoms with van der Waals surface area (Å²) in [6.07, 6.45) is 8.22. The van der Waals surface area contributed by atoms with E-state index in [1.54, 1.807) is 0 Å². The molecule has 0 saturated carbocycles. The van der Waals surface area contributed by atoms with Crippen LogP contribution in [0.15, 0.2) is 36.0 Å². The van der Waals surface area contributed by atoms with Crippen molar-refractivity contribution in [2.45, 2.75) is 25.8 Å². The molecule has 0 heterocycles. The summed E-state index contributed by atoms with van der Waals surface area (Å²) in [6, 6.07) is 0.158. The number of rotatable bonds is 0. The summed E-state index contributed by atoms with van der Waals surface area (Å²) in [5, 5.41) is 0. The van der Waals surface area contributed by atoms with Gasteiger partial charge in [0.25, 0.3) is 0 Å². The quantitative estimate of drug-likeness (QED) is 0.525. The lowest BCUT2D eigenvalue weighted by molar-refractivity contribution is 0.799. The lowest BCUT2D eigenvalue weighted by atomic mass is 9.98. The molecule has 2 N–H and O–H groups in total. The zero-order valence-electron chi connectivity index (χ0n) is 7.01. The summed E-state index contributed by atoms with van der Waals surface area (Å²) < 4.78 is 0. The van der Waals surface area contributed by atoms with Crippen LogP contribution in [0.3, 0.4) is 0 Å². The standard InChI is InChI=1S/C10H15N/c1-8-5-3-4-6-10(11)7-9(8)2/h4-6,10H,2-3,7,11H2,1H3. The SMILES string of the molecule is C=C1CC(N)C=CCC=C1C. The van der Waals surface area contributed by atoms with E-state index in [1.165, 1.54) is 11.1 Å². The first-order valence-electron chi connectivity index (χ1n) is 3.97. The van der Waals surface area contributed by atoms with Crippen LogP contribution in [0.25, 0.3) is 0 Å². The van der Waals surface area contributed by atoms with Crippen molar-refractivity contribution in [3.05, 3.63) is 36.0 Å². The van der Waals surface area contributed by atoms with Crippen molar-refractivity contribution in [2.75, 3.05) is 0 Å². The van der Waals surface area contributed by atoms with Gasteiger partial charge in [-0.1, -0.05) is 36.0 Å². The second kappa shape index (κ2) is 3.54. The predicted octanol–water partition coefficient (Wildman–Crippen LogP) is 2.17. The first-order valence-corrected chi connectivity index (χ1v) is 3.97. The smallest absolute Gasteiger partial charge is 0.0264 e. The molecule has 1 unspecified atom stereocenters. The summed E-state index contributed by atoms with van der Waals surface area (Å²) in [7, 11) is 0. The van der Waals surface area contributed by atoms with Gasteiger partial charge in [0, 0.05) is 6.04 Å². The number of hydrogen-bond acceptors (Lipinski definition) is 1. The van der Waals surface area contributed by atoms with Crippen LogP contribution < -0.4 is 5.73 Å². The normalized spacial score (nSPS) is 25.8. The van der Waals surface area contributed by atoms with E-state index in [1.807, 2.05) is 6.08 Å². The van der Waals surface area contributed by atoms with Crippen LogP contribution in [-0.2, 0) is 0 Å². The highest BCUT2D eigenvalue weighted by atomic mass is 14.6. The zero-order chi connectivity index (χ0) is 8.27. The number of hydrogen-bond donors (Lipinski definition) is 1. The third kappa shape index (κ3) is 2.35. The molecule has 0 aromatic carbocycles. The van der Waals surface area contributed by atoms with Gasteiger partial charge in [-0.05, 0) is 19.8 Å². The maximum absolute atomic E-state index is 5.78. The minimum atomic E-state index is 0.158. The summed E-state index contributed by atoms with van der Waals surface area (Å²) >= 11 is 0. The minimum absolute atomic E-state index is 0.158. The summed E-state index contributed by atoms with van der Waals surface area (Å²) in [5.74, 6) is 0. The summed E-state index contributed by atoms with van der Waals surface area (Å²) in [6.45, 7) is 6.06. The van der Waals surface area contributed by atoms with E-state index in [4.69, 9.17) is 5.73 Å². The molecule has 0 aromatic heterocycles. The third-order valence-corrected chi connectivity index (χ3v) is 1.98. The van der Waals surface area contributed by atoms with Crippen LogP contribution in [0.4, 0.5) is 0 Å². The van der Waals surface area contributed by atoms with E-state index in [-0.39, 0.29) is 6.04 Å². The van der Waals surface area contributed by atoms with Gasteiger partial charge in [0.2, 0.25) is 0 Å². The fraction of sp³-hybridized carbons (Fsp3) is 0.400. The van der Waals surface area contributed by atoms with Crippen molar-refractivity contribution in [2.24, 2.45) is 5.73 Å². The largest absolute Gasteiger partial charge is 0.324 e. The first-order chi connectivity index (χ1) is 5.20. The van der Waals surface area contributed by atoms with Gasteiger partial charge in [-0.15, -0.1) is 0 Å². The van der Waals surface area contributed by atoms with E-state index in [0.717, 1.165) is 12.8 Å². The molecule has 0 amide bonds. The van der Waals surface area contributed by atoms with Crippen molar-refractivity contribution in [3.8, 4) is 0 Å². The van der Waals surface area contributed by atoms with Crippen molar-refractivity contribution < 1.29 is 0 Å². The Morgan fingerprint density at radius 2 is 2.36 bits per heavy atom. The second-order valence-corrected chi connectivity index (χ2v) is 3.02. The predicted molar refractivity (Wildman–Crippen MR) is 49.2 cm³/mol. The molecule has 0 spiro atoms. The lowest BCUT2D eigenvalue weighted by Crippen LogP contribution is -2.18. The van der Waals surface area contributed by atoms with Crippen LogP contribution in [0.1, 0.15) is 19.8 Å². The topological polar surface area (TPSA) is 26.0 Å². The fourth-order valence-corrected chi connectivity index (χ4v) is 1.16. The van der Waals surface area contributed by atoms with Gasteiger partial charge >= 0.3 is 0 Å². The molecule has 1 aliphatic rings. The average molecular weight is 149 g/mol. The number of nitrogens with two attached hydrogens (primary N) is 1. The molecule has 0 bridgehead atoms. The van der Waals surface area contributed by atoms with Gasteiger partial charge in [-0.3, -0.25) is 0 Å². The van der Waals surface area contributed by atoms with E-state index in [2.05, 4.69) is 25.7 Å². The highest BCUT2D eigenvalue weighted by Gasteiger charge is 2.04. The summed E-state index contributed by atoms with van der Waals surface area (Å²) in [5.41, 5.74) is 8.23. The summed E-state index contributed by atoms with van der Waals surface area (Å²) in [4.78, 5) is 0. The zero-order valence-corrected chi connectivity index (χ0v) is 7.01. The Kier molecular flexibility index (Phi) is 2.66. The van der Waals surface area contributed by atoms with Crippen molar-refractivity contribution in [1.29, 1.82) is 0 Å². The van der Waals surface area contributed by atoms with Crippen molar-refractivity contribution >= 4 is 0 Å². The maximum atomic E-state index is 5.78. The van der Waals surface area contributed by atoms with E-state index < -0.39 is 0 Å². The Balaban J connectivity index is 2.72. The first kappa shape index (κ1) is 8.28. The molecule has 1 heteroatoms. The Hall–Kier alpha value is -0.820. The second-order valence-electron chi connectivity index (χ2n) is 3.02. The van der Waals surface area contributed by atoms with E-state index in [9.17, 15) is 0 Å². The maximum Gasteiger partial charge on any atom is 0.0264 e. The highest BCUT2D eigenvalue weighted by Crippen LogP contribution is 2.16. The van der Waals surface area contributed by atoms with Crippen LogP contribution in [0, 0.1) is 0 Å². The molecule has 1 aliphatic carbocycles. The Bertz CT molecular complexity index is 211.